The highest BCUT2D eigenvalue weighted by Gasteiger charge is 2.50. The number of rotatable bonds is 5. The third-order valence-corrected chi connectivity index (χ3v) is 3.12. The first-order valence-electron chi connectivity index (χ1n) is 5.81. The minimum Gasteiger partial charge on any atom is -0.497 e. The molecule has 100 valence electrons. The molecule has 1 heterocycles. The Morgan fingerprint density at radius 3 is 2.47 bits per heavy atom. The predicted octanol–water partition coefficient (Wildman–Crippen LogP) is 1.73. The molecule has 0 unspecified atom stereocenters. The molecule has 1 fully saturated rings. The number of anilines is 1. The van der Waals surface area contributed by atoms with Crippen molar-refractivity contribution in [2.75, 3.05) is 12.0 Å². The van der Waals surface area contributed by atoms with Crippen LogP contribution in [0.3, 0.4) is 0 Å². The second-order valence-corrected chi connectivity index (χ2v) is 4.35. The second-order valence-electron chi connectivity index (χ2n) is 4.35. The van der Waals surface area contributed by atoms with Crippen molar-refractivity contribution in [1.29, 1.82) is 0 Å². The van der Waals surface area contributed by atoms with Gasteiger partial charge in [0.25, 0.3) is 6.47 Å². The summed E-state index contributed by atoms with van der Waals surface area (Å²) in [7, 11) is 1.57. The van der Waals surface area contributed by atoms with Gasteiger partial charge in [-0.15, -0.1) is 0 Å². The zero-order chi connectivity index (χ0) is 14.0. The van der Waals surface area contributed by atoms with Crippen LogP contribution in [0, 0.1) is 5.92 Å². The first kappa shape index (κ1) is 13.1. The maximum atomic E-state index is 12.1. The van der Waals surface area contributed by atoms with Crippen LogP contribution < -0.4 is 9.64 Å². The van der Waals surface area contributed by atoms with Crippen LogP contribution in [0.25, 0.3) is 0 Å². The van der Waals surface area contributed by atoms with Gasteiger partial charge in [-0.25, -0.2) is 0 Å². The van der Waals surface area contributed by atoms with E-state index in [0.717, 1.165) is 0 Å². The van der Waals surface area contributed by atoms with Crippen molar-refractivity contribution < 1.29 is 19.1 Å². The van der Waals surface area contributed by atoms with Crippen molar-refractivity contribution in [1.82, 2.24) is 0 Å². The van der Waals surface area contributed by atoms with E-state index in [4.69, 9.17) is 9.47 Å². The highest BCUT2D eigenvalue weighted by molar-refractivity contribution is 6.04. The van der Waals surface area contributed by atoms with E-state index < -0.39 is 12.1 Å². The van der Waals surface area contributed by atoms with Gasteiger partial charge in [0.05, 0.1) is 7.11 Å². The molecule has 0 radical (unpaired) electrons. The van der Waals surface area contributed by atoms with Crippen LogP contribution in [-0.2, 0) is 14.3 Å². The van der Waals surface area contributed by atoms with E-state index in [-0.39, 0.29) is 5.91 Å². The van der Waals surface area contributed by atoms with Crippen LogP contribution >= 0.6 is 0 Å². The van der Waals surface area contributed by atoms with Crippen LogP contribution in [0.1, 0.15) is 6.92 Å². The van der Waals surface area contributed by atoms with E-state index in [0.29, 0.717) is 23.5 Å². The lowest BCUT2D eigenvalue weighted by atomic mass is 9.88. The Labute approximate surface area is 111 Å². The zero-order valence-corrected chi connectivity index (χ0v) is 10.8. The molecule has 1 saturated heterocycles. The lowest BCUT2D eigenvalue weighted by Crippen LogP contribution is -2.62. The van der Waals surface area contributed by atoms with Crippen LogP contribution in [0.4, 0.5) is 5.69 Å². The SMILES string of the molecule is C=C(C)[C@@H]1C(=O)N(c2ccc(OC)cc2)[C@@H]1OC=O. The molecular weight excluding hydrogens is 246 g/mol. The van der Waals surface area contributed by atoms with Gasteiger partial charge in [0.2, 0.25) is 5.91 Å². The van der Waals surface area contributed by atoms with E-state index >= 15 is 0 Å². The lowest BCUT2D eigenvalue weighted by Gasteiger charge is -2.45. The van der Waals surface area contributed by atoms with Gasteiger partial charge in [0.15, 0.2) is 6.23 Å². The molecule has 5 heteroatoms. The molecule has 0 saturated carbocycles. The van der Waals surface area contributed by atoms with Gasteiger partial charge >= 0.3 is 0 Å². The van der Waals surface area contributed by atoms with Crippen molar-refractivity contribution >= 4 is 18.1 Å². The number of hydrogen-bond donors (Lipinski definition) is 0. The quantitative estimate of drug-likeness (QED) is 0.460. The molecule has 1 aliphatic heterocycles. The molecule has 1 aromatic carbocycles. The predicted molar refractivity (Wildman–Crippen MR) is 69.7 cm³/mol. The average molecular weight is 261 g/mol. The van der Waals surface area contributed by atoms with Gasteiger partial charge in [-0.2, -0.15) is 0 Å². The molecule has 0 aromatic heterocycles. The van der Waals surface area contributed by atoms with Crippen LogP contribution in [-0.4, -0.2) is 25.7 Å². The third-order valence-electron chi connectivity index (χ3n) is 3.12. The summed E-state index contributed by atoms with van der Waals surface area (Å²) in [5, 5.41) is 0. The monoisotopic (exact) mass is 261 g/mol. The Morgan fingerprint density at radius 1 is 1.37 bits per heavy atom. The summed E-state index contributed by atoms with van der Waals surface area (Å²) in [5.74, 6) is 0.109. The molecule has 0 bridgehead atoms. The van der Waals surface area contributed by atoms with Crippen LogP contribution in [0.5, 0.6) is 5.75 Å². The summed E-state index contributed by atoms with van der Waals surface area (Å²) in [6.45, 7) is 5.85. The molecule has 0 spiro atoms. The zero-order valence-electron chi connectivity index (χ0n) is 10.8. The molecule has 5 nitrogen and oxygen atoms in total. The Balaban J connectivity index is 2.25. The summed E-state index contributed by atoms with van der Waals surface area (Å²) < 4.78 is 10.0. The summed E-state index contributed by atoms with van der Waals surface area (Å²) in [4.78, 5) is 24.1. The number of hydrogen-bond acceptors (Lipinski definition) is 4. The first-order chi connectivity index (χ1) is 9.10. The molecule has 0 aliphatic carbocycles. The number of amides is 1. The van der Waals surface area contributed by atoms with E-state index in [1.165, 1.54) is 4.90 Å². The van der Waals surface area contributed by atoms with E-state index in [1.807, 2.05) is 0 Å². The van der Waals surface area contributed by atoms with Crippen LogP contribution in [0.2, 0.25) is 0 Å². The topological polar surface area (TPSA) is 55.8 Å². The maximum absolute atomic E-state index is 12.1. The molecule has 19 heavy (non-hydrogen) atoms. The average Bonchev–Trinajstić information content (AvgIpc) is 2.39. The maximum Gasteiger partial charge on any atom is 0.295 e. The van der Waals surface area contributed by atoms with Crippen molar-refractivity contribution in [3.63, 3.8) is 0 Å². The summed E-state index contributed by atoms with van der Waals surface area (Å²) >= 11 is 0. The van der Waals surface area contributed by atoms with Gasteiger partial charge in [0, 0.05) is 5.69 Å². The highest BCUT2D eigenvalue weighted by atomic mass is 16.5. The smallest absolute Gasteiger partial charge is 0.295 e. The van der Waals surface area contributed by atoms with E-state index in [1.54, 1.807) is 38.3 Å². The number of β-lactam (4-membered cyclic amide) rings is 1. The molecule has 1 aliphatic rings. The summed E-state index contributed by atoms with van der Waals surface area (Å²) in [6.07, 6.45) is -0.615. The molecule has 0 N–H and O–H groups in total. The molecule has 2 rings (SSSR count). The number of benzene rings is 1. The minimum atomic E-state index is -0.615. The van der Waals surface area contributed by atoms with Gasteiger partial charge in [-0.3, -0.25) is 14.5 Å². The number of nitrogens with zero attached hydrogens (tertiary/aromatic N) is 1. The Kier molecular flexibility index (Phi) is 3.55. The van der Waals surface area contributed by atoms with Crippen molar-refractivity contribution in [2.24, 2.45) is 5.92 Å². The van der Waals surface area contributed by atoms with Crippen LogP contribution in [0.15, 0.2) is 36.4 Å². The van der Waals surface area contributed by atoms with Gasteiger partial charge in [0.1, 0.15) is 11.7 Å². The van der Waals surface area contributed by atoms with Crippen molar-refractivity contribution in [3.05, 3.63) is 36.4 Å². The first-order valence-corrected chi connectivity index (χ1v) is 5.81. The molecule has 1 aromatic rings. The highest BCUT2D eigenvalue weighted by Crippen LogP contribution is 2.37. The van der Waals surface area contributed by atoms with E-state index in [9.17, 15) is 9.59 Å². The van der Waals surface area contributed by atoms with Crippen molar-refractivity contribution in [2.45, 2.75) is 13.2 Å². The number of ether oxygens (including phenoxy) is 2. The summed E-state index contributed by atoms with van der Waals surface area (Å²) in [6, 6.07) is 6.97. The normalized spacial score (nSPS) is 21.6. The van der Waals surface area contributed by atoms with Gasteiger partial charge < -0.3 is 9.47 Å². The fourth-order valence-electron chi connectivity index (χ4n) is 2.13. The fourth-order valence-corrected chi connectivity index (χ4v) is 2.13. The number of methoxy groups -OCH3 is 1. The minimum absolute atomic E-state index is 0.121. The van der Waals surface area contributed by atoms with Gasteiger partial charge in [-0.05, 0) is 31.2 Å². The van der Waals surface area contributed by atoms with Gasteiger partial charge in [-0.1, -0.05) is 12.2 Å². The number of carbonyl (C=O) groups excluding carboxylic acids is 2. The molecular formula is C14H15NO4. The largest absolute Gasteiger partial charge is 0.497 e. The third kappa shape index (κ3) is 2.19. The molecule has 1 amide bonds. The fraction of sp³-hybridized carbons (Fsp3) is 0.286. The van der Waals surface area contributed by atoms with Crippen molar-refractivity contribution in [3.8, 4) is 5.75 Å². The van der Waals surface area contributed by atoms with E-state index in [2.05, 4.69) is 6.58 Å². The second kappa shape index (κ2) is 5.14. The summed E-state index contributed by atoms with van der Waals surface area (Å²) in [5.41, 5.74) is 1.34. The lowest BCUT2D eigenvalue weighted by molar-refractivity contribution is -0.150. The Bertz CT molecular complexity index is 509. The number of carbonyl (C=O) groups is 2. The standard InChI is InChI=1S/C14H15NO4/c1-9(2)12-13(17)15(14(12)19-8-16)10-4-6-11(18-3)7-5-10/h4-8,12,14H,1H2,2-3H3/t12-,14-/m1/s1. The Morgan fingerprint density at radius 2 is 2.00 bits per heavy atom. The molecule has 2 atom stereocenters. The Hall–Kier alpha value is -2.30.